The Morgan fingerprint density at radius 2 is 2.39 bits per heavy atom. The first-order chi connectivity index (χ1) is 11.2. The van der Waals surface area contributed by atoms with E-state index in [-0.39, 0.29) is 11.7 Å². The summed E-state index contributed by atoms with van der Waals surface area (Å²) >= 11 is 0. The first kappa shape index (κ1) is 15.8. The van der Waals surface area contributed by atoms with Crippen LogP contribution in [0.4, 0.5) is 0 Å². The molecule has 0 amide bonds. The second-order valence-corrected chi connectivity index (χ2v) is 5.97. The predicted molar refractivity (Wildman–Crippen MR) is 87.2 cm³/mol. The molecule has 122 valence electrons. The van der Waals surface area contributed by atoms with Crippen molar-refractivity contribution < 1.29 is 4.74 Å². The molecular weight excluding hydrogens is 292 g/mol. The molecule has 3 heterocycles. The minimum Gasteiger partial charge on any atom is -0.376 e. The van der Waals surface area contributed by atoms with Crippen LogP contribution in [0.2, 0.25) is 0 Å². The van der Waals surface area contributed by atoms with Gasteiger partial charge in [-0.25, -0.2) is 4.98 Å². The quantitative estimate of drug-likeness (QED) is 0.901. The van der Waals surface area contributed by atoms with E-state index in [0.29, 0.717) is 0 Å². The van der Waals surface area contributed by atoms with Crippen LogP contribution in [-0.2, 0) is 17.7 Å². The largest absolute Gasteiger partial charge is 0.376 e. The van der Waals surface area contributed by atoms with Crippen LogP contribution in [0.3, 0.4) is 0 Å². The average molecular weight is 314 g/mol. The van der Waals surface area contributed by atoms with E-state index in [4.69, 9.17) is 4.74 Å². The lowest BCUT2D eigenvalue weighted by Gasteiger charge is -2.33. The van der Waals surface area contributed by atoms with Gasteiger partial charge in [-0.2, -0.15) is 0 Å². The second-order valence-electron chi connectivity index (χ2n) is 5.97. The maximum absolute atomic E-state index is 11.3. The Kier molecular flexibility index (Phi) is 5.15. The summed E-state index contributed by atoms with van der Waals surface area (Å²) in [5, 5.41) is 0. The van der Waals surface area contributed by atoms with Crippen LogP contribution in [0.15, 0.2) is 35.6 Å². The van der Waals surface area contributed by atoms with Crippen LogP contribution < -0.4 is 5.56 Å². The lowest BCUT2D eigenvalue weighted by molar-refractivity contribution is -0.0347. The van der Waals surface area contributed by atoms with E-state index in [1.165, 1.54) is 17.5 Å². The summed E-state index contributed by atoms with van der Waals surface area (Å²) in [6.45, 7) is 5.63. The van der Waals surface area contributed by atoms with Gasteiger partial charge in [-0.3, -0.25) is 14.7 Å². The highest BCUT2D eigenvalue weighted by atomic mass is 16.5. The Labute approximate surface area is 135 Å². The Balaban J connectivity index is 1.54. The molecule has 1 aliphatic heterocycles. The van der Waals surface area contributed by atoms with Gasteiger partial charge in [-0.15, -0.1) is 0 Å². The Bertz CT molecular complexity index is 701. The fourth-order valence-electron chi connectivity index (χ4n) is 2.87. The molecule has 1 fully saturated rings. The number of aromatic amines is 1. The average Bonchev–Trinajstić information content (AvgIpc) is 2.56. The number of rotatable bonds is 5. The third-order valence-corrected chi connectivity index (χ3v) is 4.21. The third-order valence-electron chi connectivity index (χ3n) is 4.21. The molecule has 1 N–H and O–H groups in total. The molecule has 6 heteroatoms. The van der Waals surface area contributed by atoms with Gasteiger partial charge in [-0.05, 0) is 37.0 Å². The number of morpholine rings is 1. The van der Waals surface area contributed by atoms with Crippen LogP contribution in [-0.4, -0.2) is 45.7 Å². The highest BCUT2D eigenvalue weighted by Crippen LogP contribution is 2.15. The lowest BCUT2D eigenvalue weighted by atomic mass is 10.1. The smallest absolute Gasteiger partial charge is 0.250 e. The van der Waals surface area contributed by atoms with Gasteiger partial charge >= 0.3 is 0 Å². The number of nitrogens with zero attached hydrogens (tertiary/aromatic N) is 3. The number of pyridine rings is 1. The van der Waals surface area contributed by atoms with Crippen molar-refractivity contribution in [1.82, 2.24) is 19.9 Å². The Hall–Kier alpha value is -2.05. The minimum absolute atomic E-state index is 0.102. The highest BCUT2D eigenvalue weighted by Gasteiger charge is 2.21. The summed E-state index contributed by atoms with van der Waals surface area (Å²) in [5.74, 6) is 0. The molecule has 1 saturated heterocycles. The van der Waals surface area contributed by atoms with Gasteiger partial charge in [0.1, 0.15) is 0 Å². The van der Waals surface area contributed by atoms with Gasteiger partial charge in [0.05, 0.1) is 19.0 Å². The molecule has 1 aliphatic rings. The van der Waals surface area contributed by atoms with Crippen molar-refractivity contribution in [2.45, 2.75) is 32.4 Å². The molecule has 6 nitrogen and oxygen atoms in total. The fourth-order valence-corrected chi connectivity index (χ4v) is 2.87. The summed E-state index contributed by atoms with van der Waals surface area (Å²) in [4.78, 5) is 24.6. The van der Waals surface area contributed by atoms with E-state index in [1.54, 1.807) is 6.07 Å². The number of ether oxygens (including phenoxy) is 1. The fraction of sp³-hybridized carbons (Fsp3) is 0.471. The molecule has 0 aromatic carbocycles. The van der Waals surface area contributed by atoms with Crippen LogP contribution >= 0.6 is 0 Å². The molecule has 0 unspecified atom stereocenters. The molecule has 0 bridgehead atoms. The van der Waals surface area contributed by atoms with Gasteiger partial charge in [0.15, 0.2) is 0 Å². The van der Waals surface area contributed by atoms with Crippen molar-refractivity contribution >= 4 is 0 Å². The number of H-pyrrole nitrogens is 1. The second kappa shape index (κ2) is 7.48. The zero-order chi connectivity index (χ0) is 16.1. The zero-order valence-electron chi connectivity index (χ0n) is 13.4. The van der Waals surface area contributed by atoms with E-state index in [9.17, 15) is 4.79 Å². The molecular formula is C17H22N4O2. The summed E-state index contributed by atoms with van der Waals surface area (Å²) in [5.41, 5.74) is 3.26. The monoisotopic (exact) mass is 314 g/mol. The molecule has 0 saturated carbocycles. The van der Waals surface area contributed by atoms with E-state index in [2.05, 4.69) is 32.8 Å². The topological polar surface area (TPSA) is 71.1 Å². The maximum Gasteiger partial charge on any atom is 0.250 e. The summed E-state index contributed by atoms with van der Waals surface area (Å²) in [7, 11) is 0. The SMILES string of the molecule is Cc1cnccc1CN1CCO[C@H](CCc2cc(=O)[nH]cn2)C1. The zero-order valence-corrected chi connectivity index (χ0v) is 13.4. The molecule has 0 spiro atoms. The lowest BCUT2D eigenvalue weighted by Crippen LogP contribution is -2.42. The van der Waals surface area contributed by atoms with Gasteiger partial charge in [-0.1, -0.05) is 0 Å². The number of aryl methyl sites for hydroxylation is 2. The van der Waals surface area contributed by atoms with Gasteiger partial charge in [0.2, 0.25) is 0 Å². The number of aromatic nitrogens is 3. The molecule has 3 rings (SSSR count). The van der Waals surface area contributed by atoms with Gasteiger partial charge in [0.25, 0.3) is 5.56 Å². The molecule has 0 aliphatic carbocycles. The minimum atomic E-state index is -0.102. The van der Waals surface area contributed by atoms with Crippen molar-refractivity contribution in [2.75, 3.05) is 19.7 Å². The molecule has 0 radical (unpaired) electrons. The molecule has 23 heavy (non-hydrogen) atoms. The van der Waals surface area contributed by atoms with Crippen molar-refractivity contribution in [3.63, 3.8) is 0 Å². The first-order valence-corrected chi connectivity index (χ1v) is 7.98. The van der Waals surface area contributed by atoms with Gasteiger partial charge in [0, 0.05) is 43.8 Å². The summed E-state index contributed by atoms with van der Waals surface area (Å²) in [6.07, 6.45) is 7.04. The Morgan fingerprint density at radius 1 is 1.48 bits per heavy atom. The van der Waals surface area contributed by atoms with Crippen LogP contribution in [0.25, 0.3) is 0 Å². The van der Waals surface area contributed by atoms with Crippen molar-refractivity contribution in [3.05, 3.63) is 58.0 Å². The molecule has 2 aromatic rings. The van der Waals surface area contributed by atoms with Crippen molar-refractivity contribution in [3.8, 4) is 0 Å². The number of nitrogens with one attached hydrogen (secondary N) is 1. The van der Waals surface area contributed by atoms with E-state index < -0.39 is 0 Å². The summed E-state index contributed by atoms with van der Waals surface area (Å²) in [6, 6.07) is 3.64. The Morgan fingerprint density at radius 3 is 3.22 bits per heavy atom. The number of hydrogen-bond donors (Lipinski definition) is 1. The third kappa shape index (κ3) is 4.46. The van der Waals surface area contributed by atoms with E-state index >= 15 is 0 Å². The maximum atomic E-state index is 11.3. The molecule has 2 aromatic heterocycles. The summed E-state index contributed by atoms with van der Waals surface area (Å²) < 4.78 is 5.86. The molecule has 1 atom stereocenters. The van der Waals surface area contributed by atoms with Crippen molar-refractivity contribution in [2.24, 2.45) is 0 Å². The standard InChI is InChI=1S/C17H22N4O2/c1-13-9-18-5-4-14(13)10-21-6-7-23-16(11-21)3-2-15-8-17(22)20-12-19-15/h4-5,8-9,12,16H,2-3,6-7,10-11H2,1H3,(H,19,20,22)/t16-/m1/s1. The van der Waals surface area contributed by atoms with E-state index in [1.807, 2.05) is 12.4 Å². The normalized spacial score (nSPS) is 18.9. The van der Waals surface area contributed by atoms with Gasteiger partial charge < -0.3 is 9.72 Å². The van der Waals surface area contributed by atoms with Crippen molar-refractivity contribution in [1.29, 1.82) is 0 Å². The van der Waals surface area contributed by atoms with E-state index in [0.717, 1.165) is 44.8 Å². The highest BCUT2D eigenvalue weighted by molar-refractivity contribution is 5.21. The van der Waals surface area contributed by atoms with Crippen LogP contribution in [0.1, 0.15) is 23.2 Å². The van der Waals surface area contributed by atoms with Crippen LogP contribution in [0.5, 0.6) is 0 Å². The number of hydrogen-bond acceptors (Lipinski definition) is 5. The predicted octanol–water partition coefficient (Wildman–Crippen LogP) is 1.31. The first-order valence-electron chi connectivity index (χ1n) is 7.98. The van der Waals surface area contributed by atoms with Crippen LogP contribution in [0, 0.1) is 6.92 Å².